The maximum absolute atomic E-state index is 13.7. The van der Waals surface area contributed by atoms with E-state index in [1.54, 1.807) is 24.4 Å². The lowest BCUT2D eigenvalue weighted by Gasteiger charge is -2.22. The Morgan fingerprint density at radius 2 is 2.12 bits per heavy atom. The van der Waals surface area contributed by atoms with Crippen molar-refractivity contribution in [2.24, 2.45) is 0 Å². The molecular formula is C16H13BrF2N2O3. The number of carbonyl (C=O) groups excluding carboxylic acids is 2. The molecule has 1 saturated heterocycles. The van der Waals surface area contributed by atoms with Gasteiger partial charge in [-0.05, 0) is 24.3 Å². The molecule has 1 aromatic carbocycles. The summed E-state index contributed by atoms with van der Waals surface area (Å²) in [5.41, 5.74) is 0.875. The molecule has 1 amide bonds. The number of alkyl halides is 2. The molecule has 0 radical (unpaired) electrons. The third-order valence-corrected chi connectivity index (χ3v) is 4.63. The van der Waals surface area contributed by atoms with Gasteiger partial charge in [0.1, 0.15) is 6.04 Å². The average Bonchev–Trinajstić information content (AvgIpc) is 2.89. The number of halogens is 3. The van der Waals surface area contributed by atoms with E-state index in [1.165, 1.54) is 6.07 Å². The van der Waals surface area contributed by atoms with Gasteiger partial charge in [-0.3, -0.25) is 9.78 Å². The summed E-state index contributed by atoms with van der Waals surface area (Å²) in [5.74, 6) is -4.60. The van der Waals surface area contributed by atoms with Gasteiger partial charge in [0.25, 0.3) is 11.8 Å². The Bertz CT molecular complexity index is 828. The maximum Gasteiger partial charge on any atom is 0.328 e. The number of benzene rings is 1. The van der Waals surface area contributed by atoms with Gasteiger partial charge in [0.05, 0.1) is 19.2 Å². The molecule has 2 aromatic rings. The monoisotopic (exact) mass is 398 g/mol. The Hall–Kier alpha value is -2.09. The van der Waals surface area contributed by atoms with Crippen LogP contribution in [-0.4, -0.2) is 47.4 Å². The fourth-order valence-electron chi connectivity index (χ4n) is 2.79. The van der Waals surface area contributed by atoms with Gasteiger partial charge in [-0.15, -0.1) is 0 Å². The molecule has 0 bridgehead atoms. The third kappa shape index (κ3) is 2.98. The maximum atomic E-state index is 13.7. The normalized spacial score (nSPS) is 19.5. The van der Waals surface area contributed by atoms with Gasteiger partial charge >= 0.3 is 5.97 Å². The van der Waals surface area contributed by atoms with E-state index in [9.17, 15) is 18.4 Å². The first-order valence-corrected chi connectivity index (χ1v) is 7.92. The van der Waals surface area contributed by atoms with Crippen LogP contribution in [0.3, 0.4) is 0 Å². The highest BCUT2D eigenvalue weighted by Gasteiger charge is 2.50. The quantitative estimate of drug-likeness (QED) is 0.729. The first-order valence-electron chi connectivity index (χ1n) is 7.13. The number of pyridine rings is 1. The molecule has 0 saturated carbocycles. The molecule has 2 heterocycles. The molecular weight excluding hydrogens is 386 g/mol. The predicted octanol–water partition coefficient (Wildman–Crippen LogP) is 3.02. The van der Waals surface area contributed by atoms with Gasteiger partial charge in [0, 0.05) is 28.0 Å². The Morgan fingerprint density at radius 1 is 1.38 bits per heavy atom. The number of carbonyl (C=O) groups is 2. The number of nitrogens with zero attached hydrogens (tertiary/aromatic N) is 2. The van der Waals surface area contributed by atoms with Gasteiger partial charge in [0.2, 0.25) is 0 Å². The van der Waals surface area contributed by atoms with Crippen molar-refractivity contribution in [3.8, 4) is 0 Å². The Morgan fingerprint density at radius 3 is 2.83 bits per heavy atom. The van der Waals surface area contributed by atoms with Gasteiger partial charge in [-0.2, -0.15) is 0 Å². The number of hydrogen-bond donors (Lipinski definition) is 0. The van der Waals surface area contributed by atoms with Crippen molar-refractivity contribution in [2.45, 2.75) is 18.4 Å². The van der Waals surface area contributed by atoms with E-state index in [0.717, 1.165) is 16.5 Å². The number of hydrogen-bond acceptors (Lipinski definition) is 4. The second-order valence-electron chi connectivity index (χ2n) is 5.56. The number of amides is 1. The van der Waals surface area contributed by atoms with Crippen molar-refractivity contribution in [1.29, 1.82) is 0 Å². The first kappa shape index (κ1) is 16.8. The predicted molar refractivity (Wildman–Crippen MR) is 85.8 cm³/mol. The van der Waals surface area contributed by atoms with E-state index in [4.69, 9.17) is 0 Å². The standard InChI is InChI=1S/C16H13BrF2N2O3/c1-24-15(23)13-7-16(18,19)8-21(13)14(22)9-2-3-12-10(6-9)11(17)4-5-20-12/h2-6,13H,7-8H2,1H3/t13-/m1/s1. The molecule has 126 valence electrons. The number of ether oxygens (including phenoxy) is 1. The topological polar surface area (TPSA) is 59.5 Å². The van der Waals surface area contributed by atoms with Crippen LogP contribution in [0.4, 0.5) is 8.78 Å². The largest absolute Gasteiger partial charge is 0.467 e. The SMILES string of the molecule is COC(=O)[C@H]1CC(F)(F)CN1C(=O)c1ccc2nccc(Br)c2c1. The van der Waals surface area contributed by atoms with Gasteiger partial charge < -0.3 is 9.64 Å². The first-order chi connectivity index (χ1) is 11.3. The zero-order chi connectivity index (χ0) is 17.5. The van der Waals surface area contributed by atoms with Crippen molar-refractivity contribution >= 4 is 38.7 Å². The minimum absolute atomic E-state index is 0.211. The van der Waals surface area contributed by atoms with Crippen molar-refractivity contribution in [2.75, 3.05) is 13.7 Å². The van der Waals surface area contributed by atoms with Crippen molar-refractivity contribution in [3.05, 3.63) is 40.5 Å². The van der Waals surface area contributed by atoms with Crippen LogP contribution in [0.25, 0.3) is 10.9 Å². The molecule has 5 nitrogen and oxygen atoms in total. The van der Waals surface area contributed by atoms with Crippen molar-refractivity contribution < 1.29 is 23.1 Å². The summed E-state index contributed by atoms with van der Waals surface area (Å²) in [7, 11) is 1.11. The van der Waals surface area contributed by atoms with Crippen molar-refractivity contribution in [1.82, 2.24) is 9.88 Å². The van der Waals surface area contributed by atoms with E-state index in [2.05, 4.69) is 25.7 Å². The summed E-state index contributed by atoms with van der Waals surface area (Å²) in [6.45, 7) is -0.808. The molecule has 3 rings (SSSR count). The zero-order valence-electron chi connectivity index (χ0n) is 12.6. The second kappa shape index (κ2) is 6.08. The minimum atomic E-state index is -3.12. The van der Waals surface area contributed by atoms with Crippen LogP contribution in [0.15, 0.2) is 34.9 Å². The van der Waals surface area contributed by atoms with E-state index < -0.39 is 36.8 Å². The average molecular weight is 399 g/mol. The third-order valence-electron chi connectivity index (χ3n) is 3.94. The molecule has 1 aliphatic rings. The zero-order valence-corrected chi connectivity index (χ0v) is 14.2. The highest BCUT2D eigenvalue weighted by Crippen LogP contribution is 2.34. The summed E-state index contributed by atoms with van der Waals surface area (Å²) >= 11 is 3.37. The van der Waals surface area contributed by atoms with Crippen LogP contribution in [0.5, 0.6) is 0 Å². The van der Waals surface area contributed by atoms with Crippen LogP contribution >= 0.6 is 15.9 Å². The highest BCUT2D eigenvalue weighted by atomic mass is 79.9. The molecule has 0 aliphatic carbocycles. The van der Waals surface area contributed by atoms with Crippen LogP contribution in [0.2, 0.25) is 0 Å². The Labute approximate surface area is 144 Å². The molecule has 24 heavy (non-hydrogen) atoms. The molecule has 1 aliphatic heterocycles. The molecule has 8 heteroatoms. The summed E-state index contributed by atoms with van der Waals surface area (Å²) in [6, 6.07) is 5.15. The molecule has 0 unspecified atom stereocenters. The van der Waals surface area contributed by atoms with E-state index in [1.807, 2.05) is 0 Å². The number of esters is 1. The summed E-state index contributed by atoms with van der Waals surface area (Å²) in [6.07, 6.45) is 0.881. The summed E-state index contributed by atoms with van der Waals surface area (Å²) in [4.78, 5) is 29.5. The van der Waals surface area contributed by atoms with Gasteiger partial charge in [-0.1, -0.05) is 15.9 Å². The molecule has 1 atom stereocenters. The second-order valence-corrected chi connectivity index (χ2v) is 6.41. The van der Waals surface area contributed by atoms with E-state index in [0.29, 0.717) is 10.9 Å². The number of methoxy groups -OCH3 is 1. The number of likely N-dealkylation sites (tertiary alicyclic amines) is 1. The lowest BCUT2D eigenvalue weighted by molar-refractivity contribution is -0.145. The van der Waals surface area contributed by atoms with Gasteiger partial charge in [0.15, 0.2) is 0 Å². The minimum Gasteiger partial charge on any atom is -0.467 e. The van der Waals surface area contributed by atoms with Crippen LogP contribution in [0, 0.1) is 0 Å². The molecule has 0 N–H and O–H groups in total. The Kier molecular flexibility index (Phi) is 4.25. The van der Waals surface area contributed by atoms with Crippen LogP contribution < -0.4 is 0 Å². The lowest BCUT2D eigenvalue weighted by atomic mass is 10.1. The molecule has 0 spiro atoms. The number of aromatic nitrogens is 1. The molecule has 1 fully saturated rings. The fourth-order valence-corrected chi connectivity index (χ4v) is 3.22. The number of fused-ring (bicyclic) bond motifs is 1. The van der Waals surface area contributed by atoms with Gasteiger partial charge in [-0.25, -0.2) is 13.6 Å². The summed E-state index contributed by atoms with van der Waals surface area (Å²) < 4.78 is 32.7. The van der Waals surface area contributed by atoms with E-state index >= 15 is 0 Å². The van der Waals surface area contributed by atoms with Crippen molar-refractivity contribution in [3.63, 3.8) is 0 Å². The Balaban J connectivity index is 1.98. The smallest absolute Gasteiger partial charge is 0.328 e. The lowest BCUT2D eigenvalue weighted by Crippen LogP contribution is -2.41. The summed E-state index contributed by atoms with van der Waals surface area (Å²) in [5, 5.41) is 0.684. The number of rotatable bonds is 2. The van der Waals surface area contributed by atoms with E-state index in [-0.39, 0.29) is 5.56 Å². The molecule has 1 aromatic heterocycles. The van der Waals surface area contributed by atoms with Crippen LogP contribution in [0.1, 0.15) is 16.8 Å². The fraction of sp³-hybridized carbons (Fsp3) is 0.312. The highest BCUT2D eigenvalue weighted by molar-refractivity contribution is 9.10. The van der Waals surface area contributed by atoms with Crippen LogP contribution in [-0.2, 0) is 9.53 Å².